The Morgan fingerprint density at radius 2 is 1.82 bits per heavy atom. The molecule has 15 heteroatoms. The first-order chi connectivity index (χ1) is 23.8. The standard InChI is InChI=1S/C34H39F2N9O3S/c1-18(47)13-43-14-19-3-4-20(15-43)45(19)33-27-23-17-48-16-22(23)25(29-26-21(11-37)32(38)49-31(26)24(35)12-39-29)28(36)30(27)40-34(41-33)44-8-6-42(7-9-44)5-2-10-46/h12,18-20,46-47H,2-10,13-17,38H2,1H3/t18-,19?,20?/m1/s1. The number of ether oxygens (including phenoxy) is 1. The van der Waals surface area contributed by atoms with Gasteiger partial charge in [0.25, 0.3) is 0 Å². The molecule has 3 saturated heterocycles. The molecule has 4 aliphatic rings. The Hall–Kier alpha value is -3.78. The number of nitrogens with zero attached hydrogens (tertiary/aromatic N) is 8. The van der Waals surface area contributed by atoms with Gasteiger partial charge in [0.05, 0.1) is 46.9 Å². The van der Waals surface area contributed by atoms with Crippen molar-refractivity contribution in [2.75, 3.05) is 74.5 Å². The lowest BCUT2D eigenvalue weighted by atomic mass is 9.93. The summed E-state index contributed by atoms with van der Waals surface area (Å²) in [4.78, 5) is 23.6. The molecule has 7 heterocycles. The summed E-state index contributed by atoms with van der Waals surface area (Å²) in [6.45, 7) is 8.02. The van der Waals surface area contributed by atoms with Gasteiger partial charge in [-0.05, 0) is 37.3 Å². The Balaban J connectivity index is 1.33. The van der Waals surface area contributed by atoms with Crippen molar-refractivity contribution in [3.8, 4) is 17.3 Å². The van der Waals surface area contributed by atoms with Gasteiger partial charge in [-0.2, -0.15) is 10.2 Å². The van der Waals surface area contributed by atoms with Gasteiger partial charge in [-0.15, -0.1) is 11.3 Å². The van der Waals surface area contributed by atoms with Crippen LogP contribution in [0.1, 0.15) is 42.9 Å². The van der Waals surface area contributed by atoms with E-state index in [1.54, 1.807) is 6.92 Å². The van der Waals surface area contributed by atoms with E-state index in [4.69, 9.17) is 20.4 Å². The second kappa shape index (κ2) is 12.8. The number of fused-ring (bicyclic) bond motifs is 6. The van der Waals surface area contributed by atoms with Crippen molar-refractivity contribution in [3.05, 3.63) is 34.5 Å². The van der Waals surface area contributed by atoms with Crippen LogP contribution < -0.4 is 15.5 Å². The van der Waals surface area contributed by atoms with E-state index in [0.29, 0.717) is 48.8 Å². The van der Waals surface area contributed by atoms with Crippen LogP contribution in [0.3, 0.4) is 0 Å². The smallest absolute Gasteiger partial charge is 0.228 e. The van der Waals surface area contributed by atoms with Crippen LogP contribution in [0.25, 0.3) is 32.2 Å². The number of halogens is 2. The summed E-state index contributed by atoms with van der Waals surface area (Å²) in [6, 6.07) is 2.34. The molecule has 2 unspecified atom stereocenters. The Morgan fingerprint density at radius 1 is 1.08 bits per heavy atom. The van der Waals surface area contributed by atoms with Crippen molar-refractivity contribution < 1.29 is 23.7 Å². The largest absolute Gasteiger partial charge is 0.396 e. The Morgan fingerprint density at radius 3 is 2.51 bits per heavy atom. The molecule has 0 radical (unpaired) electrons. The van der Waals surface area contributed by atoms with Gasteiger partial charge in [-0.1, -0.05) is 0 Å². The number of piperazine rings is 2. The molecule has 3 aromatic heterocycles. The number of nitriles is 1. The molecule has 2 bridgehead atoms. The highest BCUT2D eigenvalue weighted by Gasteiger charge is 2.43. The number of thiophene rings is 1. The molecule has 0 saturated carbocycles. The second-order valence-corrected chi connectivity index (χ2v) is 14.6. The predicted octanol–water partition coefficient (Wildman–Crippen LogP) is 3.21. The van der Waals surface area contributed by atoms with Crippen LogP contribution >= 0.6 is 11.3 Å². The second-order valence-electron chi connectivity index (χ2n) is 13.6. The normalized spacial score (nSPS) is 22.0. The van der Waals surface area contributed by atoms with E-state index in [9.17, 15) is 15.5 Å². The minimum Gasteiger partial charge on any atom is -0.396 e. The van der Waals surface area contributed by atoms with E-state index < -0.39 is 17.7 Å². The third kappa shape index (κ3) is 5.45. The molecule has 3 atom stereocenters. The van der Waals surface area contributed by atoms with Crippen molar-refractivity contribution in [3.63, 3.8) is 0 Å². The van der Waals surface area contributed by atoms with E-state index in [2.05, 4.69) is 30.7 Å². The maximum atomic E-state index is 17.5. The molecule has 4 N–H and O–H groups in total. The van der Waals surface area contributed by atoms with Crippen molar-refractivity contribution in [2.24, 2.45) is 0 Å². The van der Waals surface area contributed by atoms with Crippen molar-refractivity contribution >= 4 is 49.1 Å². The van der Waals surface area contributed by atoms with E-state index in [1.165, 1.54) is 0 Å². The van der Waals surface area contributed by atoms with Gasteiger partial charge in [0.15, 0.2) is 11.6 Å². The lowest BCUT2D eigenvalue weighted by Crippen LogP contribution is -2.55. The van der Waals surface area contributed by atoms with Crippen molar-refractivity contribution in [2.45, 2.75) is 57.6 Å². The first kappa shape index (κ1) is 32.4. The minimum absolute atomic E-state index is 0.0731. The average molecular weight is 692 g/mol. The maximum Gasteiger partial charge on any atom is 0.228 e. The van der Waals surface area contributed by atoms with E-state index in [-0.39, 0.29) is 69.3 Å². The number of aromatic nitrogens is 3. The fourth-order valence-electron chi connectivity index (χ4n) is 8.29. The number of nitrogens with two attached hydrogens (primary N) is 1. The van der Waals surface area contributed by atoms with Gasteiger partial charge in [0.1, 0.15) is 22.4 Å². The molecule has 0 spiro atoms. The van der Waals surface area contributed by atoms with Gasteiger partial charge in [-0.25, -0.2) is 13.8 Å². The molecule has 49 heavy (non-hydrogen) atoms. The van der Waals surface area contributed by atoms with Crippen molar-refractivity contribution in [1.82, 2.24) is 24.8 Å². The van der Waals surface area contributed by atoms with Gasteiger partial charge in [0.2, 0.25) is 5.95 Å². The first-order valence-electron chi connectivity index (χ1n) is 16.9. The fourth-order valence-corrected chi connectivity index (χ4v) is 9.21. The van der Waals surface area contributed by atoms with Crippen LogP contribution in [0.2, 0.25) is 0 Å². The number of likely N-dealkylation sites (tertiary alicyclic amines) is 1. The van der Waals surface area contributed by atoms with Gasteiger partial charge < -0.3 is 30.5 Å². The van der Waals surface area contributed by atoms with E-state index in [1.807, 2.05) is 0 Å². The summed E-state index contributed by atoms with van der Waals surface area (Å²) in [7, 11) is 0. The Labute approximate surface area is 286 Å². The summed E-state index contributed by atoms with van der Waals surface area (Å²) >= 11 is 0.950. The molecule has 3 fully saturated rings. The zero-order chi connectivity index (χ0) is 34.0. The molecule has 258 valence electrons. The highest BCUT2D eigenvalue weighted by atomic mass is 32.1. The van der Waals surface area contributed by atoms with Crippen LogP contribution in [0.5, 0.6) is 0 Å². The highest BCUT2D eigenvalue weighted by molar-refractivity contribution is 7.23. The zero-order valence-electron chi connectivity index (χ0n) is 27.3. The number of rotatable bonds is 8. The molecule has 0 aliphatic carbocycles. The SMILES string of the molecule is C[C@@H](O)CN1CC2CCC(C1)N2c1nc(N2CCN(CCCO)CC2)nc2c(F)c(-c3ncc(F)c4sc(N)c(C#N)c34)c3c(c12)COC3. The molecule has 4 aliphatic heterocycles. The predicted molar refractivity (Wildman–Crippen MR) is 183 cm³/mol. The monoisotopic (exact) mass is 691 g/mol. The number of β-amino-alcohol motifs (C(OH)–C–C–N with tert-alkyl or cyclic N) is 1. The summed E-state index contributed by atoms with van der Waals surface area (Å²) in [5.74, 6) is -0.108. The molecular formula is C34H39F2N9O3S. The summed E-state index contributed by atoms with van der Waals surface area (Å²) in [5, 5.41) is 30.4. The quantitative estimate of drug-likeness (QED) is 0.249. The highest BCUT2D eigenvalue weighted by Crippen LogP contribution is 2.48. The number of aliphatic hydroxyl groups is 2. The Kier molecular flexibility index (Phi) is 8.49. The molecule has 8 rings (SSSR count). The van der Waals surface area contributed by atoms with Crippen LogP contribution in [0.15, 0.2) is 6.20 Å². The molecule has 1 aromatic carbocycles. The fraction of sp³-hybridized carbons (Fsp3) is 0.529. The topological polar surface area (TPSA) is 151 Å². The summed E-state index contributed by atoms with van der Waals surface area (Å²) < 4.78 is 38.7. The van der Waals surface area contributed by atoms with Gasteiger partial charge in [0, 0.05) is 82.0 Å². The van der Waals surface area contributed by atoms with Crippen LogP contribution in [-0.4, -0.2) is 112 Å². The number of hydrogen-bond acceptors (Lipinski definition) is 13. The molecule has 4 aromatic rings. The number of hydrogen-bond donors (Lipinski definition) is 3. The lowest BCUT2D eigenvalue weighted by molar-refractivity contribution is 0.111. The zero-order valence-corrected chi connectivity index (χ0v) is 28.1. The van der Waals surface area contributed by atoms with E-state index in [0.717, 1.165) is 68.7 Å². The summed E-state index contributed by atoms with van der Waals surface area (Å²) in [5.41, 5.74) is 8.03. The van der Waals surface area contributed by atoms with Gasteiger partial charge >= 0.3 is 0 Å². The molecule has 12 nitrogen and oxygen atoms in total. The van der Waals surface area contributed by atoms with Gasteiger partial charge in [-0.3, -0.25) is 14.8 Å². The minimum atomic E-state index is -0.624. The van der Waals surface area contributed by atoms with Crippen LogP contribution in [0, 0.1) is 23.0 Å². The third-order valence-electron chi connectivity index (χ3n) is 10.4. The number of benzene rings is 1. The maximum absolute atomic E-state index is 17.5. The molecule has 0 amide bonds. The third-order valence-corrected chi connectivity index (χ3v) is 11.5. The number of pyridine rings is 1. The van der Waals surface area contributed by atoms with Crippen molar-refractivity contribution in [1.29, 1.82) is 5.26 Å². The first-order valence-corrected chi connectivity index (χ1v) is 17.8. The number of nitrogen functional groups attached to an aromatic ring is 1. The number of anilines is 3. The van der Waals surface area contributed by atoms with E-state index >= 15 is 8.78 Å². The molecular weight excluding hydrogens is 652 g/mol. The van der Waals surface area contributed by atoms with Crippen LogP contribution in [0.4, 0.5) is 25.5 Å². The van der Waals surface area contributed by atoms with Crippen LogP contribution in [-0.2, 0) is 18.0 Å². The number of aliphatic hydroxyl groups excluding tert-OH is 2. The Bertz CT molecular complexity index is 1960. The average Bonchev–Trinajstić information content (AvgIpc) is 3.78. The summed E-state index contributed by atoms with van der Waals surface area (Å²) in [6.07, 6.45) is 3.23. The lowest BCUT2D eigenvalue weighted by Gasteiger charge is -2.43.